The van der Waals surface area contributed by atoms with Crippen molar-refractivity contribution in [2.24, 2.45) is 0 Å². The van der Waals surface area contributed by atoms with Gasteiger partial charge in [0.05, 0.1) is 25.3 Å². The molecule has 0 N–H and O–H groups in total. The number of anilines is 1. The fourth-order valence-electron chi connectivity index (χ4n) is 2.38. The Bertz CT molecular complexity index is 527. The maximum absolute atomic E-state index is 12.4. The van der Waals surface area contributed by atoms with Gasteiger partial charge in [-0.2, -0.15) is 0 Å². The fourth-order valence-corrected chi connectivity index (χ4v) is 3.25. The minimum absolute atomic E-state index is 0.0105. The van der Waals surface area contributed by atoms with Crippen molar-refractivity contribution in [2.75, 3.05) is 52.0 Å². The molecule has 1 aliphatic rings. The van der Waals surface area contributed by atoms with E-state index in [1.807, 2.05) is 5.38 Å². The first-order chi connectivity index (χ1) is 11.2. The summed E-state index contributed by atoms with van der Waals surface area (Å²) >= 11 is 1.41. The predicted molar refractivity (Wildman–Crippen MR) is 87.7 cm³/mol. The SMILES string of the molecule is COCCN(CCOC)C(=O)Cc1csc(N2CCCC2=O)n1. The molecule has 1 saturated heterocycles. The van der Waals surface area contributed by atoms with Crippen LogP contribution in [0.25, 0.3) is 0 Å². The molecule has 1 aliphatic heterocycles. The molecule has 0 saturated carbocycles. The minimum atomic E-state index is -0.0105. The molecular weight excluding hydrogens is 318 g/mol. The number of thiazole rings is 1. The summed E-state index contributed by atoms with van der Waals surface area (Å²) in [6, 6.07) is 0. The summed E-state index contributed by atoms with van der Waals surface area (Å²) in [6.07, 6.45) is 1.68. The third-order valence-electron chi connectivity index (χ3n) is 3.66. The second-order valence-corrected chi connectivity index (χ2v) is 6.15. The summed E-state index contributed by atoms with van der Waals surface area (Å²) < 4.78 is 10.1. The normalized spacial score (nSPS) is 14.5. The molecule has 0 aromatic carbocycles. The van der Waals surface area contributed by atoms with Crippen LogP contribution in [0.15, 0.2) is 5.38 Å². The fraction of sp³-hybridized carbons (Fsp3) is 0.667. The van der Waals surface area contributed by atoms with E-state index in [1.54, 1.807) is 24.0 Å². The maximum Gasteiger partial charge on any atom is 0.228 e. The zero-order valence-electron chi connectivity index (χ0n) is 13.6. The van der Waals surface area contributed by atoms with Crippen LogP contribution in [0.1, 0.15) is 18.5 Å². The molecule has 2 amide bonds. The Kier molecular flexibility index (Phi) is 6.94. The first kappa shape index (κ1) is 17.8. The van der Waals surface area contributed by atoms with Crippen LogP contribution in [0, 0.1) is 0 Å². The number of carbonyl (C=O) groups is 2. The third-order valence-corrected chi connectivity index (χ3v) is 4.57. The van der Waals surface area contributed by atoms with E-state index in [-0.39, 0.29) is 18.2 Å². The molecule has 1 fully saturated rings. The predicted octanol–water partition coefficient (Wildman–Crippen LogP) is 0.934. The second-order valence-electron chi connectivity index (χ2n) is 5.31. The Morgan fingerprint density at radius 2 is 2.04 bits per heavy atom. The van der Waals surface area contributed by atoms with Gasteiger partial charge in [0.2, 0.25) is 11.8 Å². The number of hydrogen-bond acceptors (Lipinski definition) is 6. The molecular formula is C15H23N3O4S. The van der Waals surface area contributed by atoms with Gasteiger partial charge < -0.3 is 14.4 Å². The standard InChI is InChI=1S/C15H23N3O4S/c1-21-8-6-17(7-9-22-2)14(20)10-12-11-23-15(16-12)18-5-3-4-13(18)19/h11H,3-10H2,1-2H3. The Labute approximate surface area is 140 Å². The van der Waals surface area contributed by atoms with Gasteiger partial charge in [0.1, 0.15) is 0 Å². The van der Waals surface area contributed by atoms with Crippen molar-refractivity contribution in [3.8, 4) is 0 Å². The van der Waals surface area contributed by atoms with Crippen molar-refractivity contribution in [2.45, 2.75) is 19.3 Å². The smallest absolute Gasteiger partial charge is 0.228 e. The van der Waals surface area contributed by atoms with Crippen molar-refractivity contribution in [3.05, 3.63) is 11.1 Å². The summed E-state index contributed by atoms with van der Waals surface area (Å²) in [4.78, 5) is 32.0. The number of carbonyl (C=O) groups excluding carboxylic acids is 2. The number of ether oxygens (including phenoxy) is 2. The molecule has 2 heterocycles. The van der Waals surface area contributed by atoms with Crippen molar-refractivity contribution in [1.82, 2.24) is 9.88 Å². The molecule has 128 valence electrons. The number of methoxy groups -OCH3 is 2. The first-order valence-corrected chi connectivity index (χ1v) is 8.54. The highest BCUT2D eigenvalue weighted by molar-refractivity contribution is 7.14. The van der Waals surface area contributed by atoms with E-state index in [1.165, 1.54) is 11.3 Å². The molecule has 0 unspecified atom stereocenters. The van der Waals surface area contributed by atoms with Crippen LogP contribution in [0.2, 0.25) is 0 Å². The Hall–Kier alpha value is -1.51. The van der Waals surface area contributed by atoms with Crippen molar-refractivity contribution >= 4 is 28.3 Å². The number of rotatable bonds is 9. The Balaban J connectivity index is 1.94. The van der Waals surface area contributed by atoms with E-state index in [2.05, 4.69) is 4.98 Å². The van der Waals surface area contributed by atoms with Crippen LogP contribution in [-0.2, 0) is 25.5 Å². The zero-order chi connectivity index (χ0) is 16.7. The molecule has 1 aromatic heterocycles. The number of aromatic nitrogens is 1. The summed E-state index contributed by atoms with van der Waals surface area (Å²) in [5, 5.41) is 2.54. The van der Waals surface area contributed by atoms with Gasteiger partial charge in [0, 0.05) is 45.7 Å². The molecule has 0 bridgehead atoms. The third kappa shape index (κ3) is 4.98. The van der Waals surface area contributed by atoms with Gasteiger partial charge in [0.15, 0.2) is 5.13 Å². The van der Waals surface area contributed by atoms with Crippen LogP contribution in [0.5, 0.6) is 0 Å². The van der Waals surface area contributed by atoms with Gasteiger partial charge in [-0.25, -0.2) is 4.98 Å². The molecule has 23 heavy (non-hydrogen) atoms. The van der Waals surface area contributed by atoms with E-state index in [0.717, 1.165) is 6.42 Å². The number of hydrogen-bond donors (Lipinski definition) is 0. The first-order valence-electron chi connectivity index (χ1n) is 7.66. The molecule has 0 aliphatic carbocycles. The molecule has 0 spiro atoms. The van der Waals surface area contributed by atoms with Crippen LogP contribution >= 0.6 is 11.3 Å². The molecule has 8 heteroatoms. The Morgan fingerprint density at radius 1 is 1.35 bits per heavy atom. The summed E-state index contributed by atoms with van der Waals surface area (Å²) in [5.41, 5.74) is 0.703. The molecule has 1 aromatic rings. The van der Waals surface area contributed by atoms with Gasteiger partial charge in [-0.05, 0) is 6.42 Å². The quantitative estimate of drug-likeness (QED) is 0.668. The molecule has 0 radical (unpaired) electrons. The Morgan fingerprint density at radius 3 is 2.61 bits per heavy atom. The monoisotopic (exact) mass is 341 g/mol. The lowest BCUT2D eigenvalue weighted by molar-refractivity contribution is -0.131. The topological polar surface area (TPSA) is 72.0 Å². The summed E-state index contributed by atoms with van der Waals surface area (Å²) in [6.45, 7) is 2.74. The van der Waals surface area contributed by atoms with Gasteiger partial charge in [-0.15, -0.1) is 11.3 Å². The largest absolute Gasteiger partial charge is 0.383 e. The van der Waals surface area contributed by atoms with Crippen molar-refractivity contribution in [1.29, 1.82) is 0 Å². The highest BCUT2D eigenvalue weighted by Gasteiger charge is 2.24. The van der Waals surface area contributed by atoms with E-state index >= 15 is 0 Å². The van der Waals surface area contributed by atoms with Crippen LogP contribution in [0.4, 0.5) is 5.13 Å². The number of nitrogens with zero attached hydrogens (tertiary/aromatic N) is 3. The van der Waals surface area contributed by atoms with Gasteiger partial charge in [0.25, 0.3) is 0 Å². The lowest BCUT2D eigenvalue weighted by Crippen LogP contribution is -2.37. The number of amides is 2. The van der Waals surface area contributed by atoms with Gasteiger partial charge in [-0.3, -0.25) is 14.5 Å². The highest BCUT2D eigenvalue weighted by Crippen LogP contribution is 2.25. The van der Waals surface area contributed by atoms with Crippen LogP contribution in [-0.4, -0.2) is 68.8 Å². The highest BCUT2D eigenvalue weighted by atomic mass is 32.1. The second kappa shape index (κ2) is 8.95. The van der Waals surface area contributed by atoms with E-state index in [9.17, 15) is 9.59 Å². The summed E-state index contributed by atoms with van der Waals surface area (Å²) in [5.74, 6) is 0.0998. The lowest BCUT2D eigenvalue weighted by Gasteiger charge is -2.21. The van der Waals surface area contributed by atoms with Crippen LogP contribution in [0.3, 0.4) is 0 Å². The zero-order valence-corrected chi connectivity index (χ0v) is 14.4. The van der Waals surface area contributed by atoms with Crippen LogP contribution < -0.4 is 4.90 Å². The van der Waals surface area contributed by atoms with Gasteiger partial charge >= 0.3 is 0 Å². The molecule has 0 atom stereocenters. The van der Waals surface area contributed by atoms with E-state index in [0.29, 0.717) is 50.1 Å². The average molecular weight is 341 g/mol. The maximum atomic E-state index is 12.4. The van der Waals surface area contributed by atoms with Crippen molar-refractivity contribution in [3.63, 3.8) is 0 Å². The summed E-state index contributed by atoms with van der Waals surface area (Å²) in [7, 11) is 3.22. The van der Waals surface area contributed by atoms with Gasteiger partial charge in [-0.1, -0.05) is 0 Å². The van der Waals surface area contributed by atoms with Crippen molar-refractivity contribution < 1.29 is 19.1 Å². The minimum Gasteiger partial charge on any atom is -0.383 e. The molecule has 7 nitrogen and oxygen atoms in total. The van der Waals surface area contributed by atoms with E-state index < -0.39 is 0 Å². The molecule has 2 rings (SSSR count). The average Bonchev–Trinajstić information content (AvgIpc) is 3.16. The lowest BCUT2D eigenvalue weighted by atomic mass is 10.3. The van der Waals surface area contributed by atoms with E-state index in [4.69, 9.17) is 9.47 Å².